The number of halogens is 3. The molecule has 2 rings (SSSR count). The Morgan fingerprint density at radius 3 is 2.20 bits per heavy atom. The maximum Gasteiger partial charge on any atom is 0.416 e. The Labute approximate surface area is 112 Å². The van der Waals surface area contributed by atoms with E-state index in [1.165, 1.54) is 6.07 Å². The topological polar surface area (TPSA) is 39.4 Å². The van der Waals surface area contributed by atoms with Crippen LogP contribution in [0.1, 0.15) is 17.1 Å². The molecule has 0 unspecified atom stereocenters. The molecule has 1 heterocycles. The van der Waals surface area contributed by atoms with Gasteiger partial charge in [-0.2, -0.15) is 13.2 Å². The van der Waals surface area contributed by atoms with E-state index in [0.717, 1.165) is 24.3 Å². The van der Waals surface area contributed by atoms with E-state index in [2.05, 4.69) is 0 Å². The first-order valence-electron chi connectivity index (χ1n) is 5.74. The van der Waals surface area contributed by atoms with Crippen LogP contribution < -0.4 is 10.2 Å². The molecule has 0 radical (unpaired) electrons. The van der Waals surface area contributed by atoms with E-state index in [1.807, 2.05) is 0 Å². The number of alkyl halides is 3. The maximum absolute atomic E-state index is 12.4. The van der Waals surface area contributed by atoms with E-state index in [4.69, 9.17) is 9.15 Å². The van der Waals surface area contributed by atoms with E-state index in [0.29, 0.717) is 5.76 Å². The van der Waals surface area contributed by atoms with Gasteiger partial charge < -0.3 is 9.15 Å². The number of ether oxygens (including phenoxy) is 1. The van der Waals surface area contributed by atoms with Crippen LogP contribution in [0.4, 0.5) is 13.2 Å². The van der Waals surface area contributed by atoms with Gasteiger partial charge in [0.15, 0.2) is 0 Å². The molecule has 0 aliphatic heterocycles. The summed E-state index contributed by atoms with van der Waals surface area (Å²) in [7, 11) is 0. The molecule has 20 heavy (non-hydrogen) atoms. The Hall–Kier alpha value is -2.24. The van der Waals surface area contributed by atoms with Gasteiger partial charge in [-0.05, 0) is 38.1 Å². The molecule has 0 atom stereocenters. The zero-order valence-electron chi connectivity index (χ0n) is 10.7. The van der Waals surface area contributed by atoms with Crippen LogP contribution in [0, 0.1) is 13.8 Å². The molecule has 3 nitrogen and oxygen atoms in total. The third-order valence-electron chi connectivity index (χ3n) is 2.59. The second-order valence-electron chi connectivity index (χ2n) is 4.23. The molecule has 2 aromatic rings. The van der Waals surface area contributed by atoms with Gasteiger partial charge in [-0.3, -0.25) is 4.79 Å². The molecule has 0 aliphatic carbocycles. The molecular weight excluding hydrogens is 273 g/mol. The minimum absolute atomic E-state index is 0.0321. The summed E-state index contributed by atoms with van der Waals surface area (Å²) in [5, 5.41) is 0. The lowest BCUT2D eigenvalue weighted by Gasteiger charge is -2.09. The van der Waals surface area contributed by atoms with Crippen molar-refractivity contribution in [2.24, 2.45) is 0 Å². The molecule has 1 aromatic carbocycles. The third kappa shape index (κ3) is 3.01. The smallest absolute Gasteiger partial charge is 0.416 e. The minimum atomic E-state index is -4.41. The van der Waals surface area contributed by atoms with Crippen LogP contribution in [0.3, 0.4) is 0 Å². The standard InChI is InChI=1S/C14H11F3O3/c1-8-7-12(18)13(9(2)19-8)20-11-5-3-10(4-6-11)14(15,16)17/h3-7H,1-2H3. The number of aryl methyl sites for hydroxylation is 2. The van der Waals surface area contributed by atoms with Gasteiger partial charge in [0.1, 0.15) is 17.3 Å². The quantitative estimate of drug-likeness (QED) is 0.834. The van der Waals surface area contributed by atoms with Gasteiger partial charge in [0.2, 0.25) is 11.2 Å². The number of hydrogen-bond donors (Lipinski definition) is 0. The first-order chi connectivity index (χ1) is 9.27. The molecule has 0 spiro atoms. The summed E-state index contributed by atoms with van der Waals surface area (Å²) in [5.41, 5.74) is -1.16. The zero-order valence-corrected chi connectivity index (χ0v) is 10.7. The third-order valence-corrected chi connectivity index (χ3v) is 2.59. The normalized spacial score (nSPS) is 11.4. The fourth-order valence-electron chi connectivity index (χ4n) is 1.69. The van der Waals surface area contributed by atoms with Gasteiger partial charge in [0, 0.05) is 6.07 Å². The van der Waals surface area contributed by atoms with Crippen LogP contribution in [-0.4, -0.2) is 0 Å². The molecule has 0 bridgehead atoms. The highest BCUT2D eigenvalue weighted by Gasteiger charge is 2.30. The molecule has 0 saturated heterocycles. The molecule has 0 saturated carbocycles. The maximum atomic E-state index is 12.4. The van der Waals surface area contributed by atoms with E-state index in [9.17, 15) is 18.0 Å². The minimum Gasteiger partial charge on any atom is -0.462 e. The van der Waals surface area contributed by atoms with E-state index >= 15 is 0 Å². The SMILES string of the molecule is Cc1cc(=O)c(Oc2ccc(C(F)(F)F)cc2)c(C)o1. The zero-order chi connectivity index (χ0) is 14.9. The summed E-state index contributed by atoms with van der Waals surface area (Å²) in [6.45, 7) is 3.17. The van der Waals surface area contributed by atoms with Crippen molar-refractivity contribution >= 4 is 0 Å². The highest BCUT2D eigenvalue weighted by atomic mass is 19.4. The van der Waals surface area contributed by atoms with Gasteiger partial charge in [-0.15, -0.1) is 0 Å². The first-order valence-corrected chi connectivity index (χ1v) is 5.74. The second-order valence-corrected chi connectivity index (χ2v) is 4.23. The lowest BCUT2D eigenvalue weighted by Crippen LogP contribution is -2.07. The summed E-state index contributed by atoms with van der Waals surface area (Å²) in [4.78, 5) is 11.7. The van der Waals surface area contributed by atoms with Crippen LogP contribution in [0.25, 0.3) is 0 Å². The van der Waals surface area contributed by atoms with Gasteiger partial charge in [0.05, 0.1) is 5.56 Å². The molecular formula is C14H11F3O3. The van der Waals surface area contributed by atoms with Crippen molar-refractivity contribution in [2.45, 2.75) is 20.0 Å². The average Bonchev–Trinajstić information content (AvgIpc) is 2.33. The fraction of sp³-hybridized carbons (Fsp3) is 0.214. The van der Waals surface area contributed by atoms with Crippen molar-refractivity contribution < 1.29 is 22.3 Å². The number of rotatable bonds is 2. The summed E-state index contributed by atoms with van der Waals surface area (Å²) in [5.74, 6) is 0.815. The largest absolute Gasteiger partial charge is 0.462 e. The number of benzene rings is 1. The fourth-order valence-corrected chi connectivity index (χ4v) is 1.69. The lowest BCUT2D eigenvalue weighted by atomic mass is 10.2. The van der Waals surface area contributed by atoms with Crippen molar-refractivity contribution in [1.82, 2.24) is 0 Å². The van der Waals surface area contributed by atoms with Gasteiger partial charge in [-0.25, -0.2) is 0 Å². The highest BCUT2D eigenvalue weighted by Crippen LogP contribution is 2.31. The first kappa shape index (κ1) is 14.2. The summed E-state index contributed by atoms with van der Waals surface area (Å²) in [6, 6.07) is 5.34. The van der Waals surface area contributed by atoms with Crippen molar-refractivity contribution in [2.75, 3.05) is 0 Å². The van der Waals surface area contributed by atoms with Gasteiger partial charge in [-0.1, -0.05) is 0 Å². The monoisotopic (exact) mass is 284 g/mol. The van der Waals surface area contributed by atoms with E-state index < -0.39 is 11.7 Å². The van der Waals surface area contributed by atoms with Crippen LogP contribution in [0.5, 0.6) is 11.5 Å². The molecule has 6 heteroatoms. The lowest BCUT2D eigenvalue weighted by molar-refractivity contribution is -0.137. The van der Waals surface area contributed by atoms with Crippen LogP contribution in [-0.2, 0) is 6.18 Å². The molecule has 0 amide bonds. The second kappa shape index (κ2) is 5.03. The molecule has 106 valence electrons. The van der Waals surface area contributed by atoms with Crippen LogP contribution >= 0.6 is 0 Å². The highest BCUT2D eigenvalue weighted by molar-refractivity contribution is 5.35. The molecule has 0 N–H and O–H groups in total. The number of hydrogen-bond acceptors (Lipinski definition) is 3. The Morgan fingerprint density at radius 1 is 1.10 bits per heavy atom. The van der Waals surface area contributed by atoms with Crippen LogP contribution in [0.2, 0.25) is 0 Å². The van der Waals surface area contributed by atoms with Crippen molar-refractivity contribution in [3.8, 4) is 11.5 Å². The summed E-state index contributed by atoms with van der Waals surface area (Å²) >= 11 is 0. The summed E-state index contributed by atoms with van der Waals surface area (Å²) in [6.07, 6.45) is -4.41. The predicted molar refractivity (Wildman–Crippen MR) is 66.0 cm³/mol. The Bertz CT molecular complexity index is 670. The van der Waals surface area contributed by atoms with Crippen molar-refractivity contribution in [3.63, 3.8) is 0 Å². The average molecular weight is 284 g/mol. The van der Waals surface area contributed by atoms with E-state index in [1.54, 1.807) is 13.8 Å². The molecule has 1 aromatic heterocycles. The van der Waals surface area contributed by atoms with Crippen molar-refractivity contribution in [1.29, 1.82) is 0 Å². The van der Waals surface area contributed by atoms with Gasteiger partial charge >= 0.3 is 6.18 Å². The van der Waals surface area contributed by atoms with Gasteiger partial charge in [0.25, 0.3) is 0 Å². The molecule has 0 aliphatic rings. The van der Waals surface area contributed by atoms with E-state index in [-0.39, 0.29) is 22.7 Å². The summed E-state index contributed by atoms with van der Waals surface area (Å²) < 4.78 is 47.8. The Balaban J connectivity index is 2.30. The van der Waals surface area contributed by atoms with Crippen molar-refractivity contribution in [3.05, 3.63) is 57.6 Å². The Morgan fingerprint density at radius 2 is 1.70 bits per heavy atom. The van der Waals surface area contributed by atoms with Crippen LogP contribution in [0.15, 0.2) is 39.5 Å². The predicted octanol–water partition coefficient (Wildman–Crippen LogP) is 4.07. The molecule has 0 fully saturated rings. The Kier molecular flexibility index (Phi) is 3.57.